The minimum Gasteiger partial charge on any atom is -0.346 e. The van der Waals surface area contributed by atoms with Crippen molar-refractivity contribution >= 4 is 38.5 Å². The lowest BCUT2D eigenvalue weighted by atomic mass is 10.1. The van der Waals surface area contributed by atoms with E-state index in [1.807, 2.05) is 4.90 Å². The number of halogens is 2. The van der Waals surface area contributed by atoms with Gasteiger partial charge in [-0.05, 0) is 54.6 Å². The van der Waals surface area contributed by atoms with Crippen molar-refractivity contribution in [2.45, 2.75) is 17.9 Å². The third-order valence-electron chi connectivity index (χ3n) is 4.53. The molecule has 0 bridgehead atoms. The number of nitrogens with one attached hydrogen (secondary N) is 1. The molecular weight excluding hydrogens is 408 g/mol. The van der Waals surface area contributed by atoms with Crippen LogP contribution in [-0.4, -0.2) is 31.8 Å². The number of hydrogen-bond donors (Lipinski definition) is 1. The smallest absolute Gasteiger partial charge is 0.257 e. The second-order valence-corrected chi connectivity index (χ2v) is 9.23. The van der Waals surface area contributed by atoms with E-state index in [2.05, 4.69) is 9.71 Å². The third kappa shape index (κ3) is 3.49. The zero-order chi connectivity index (χ0) is 20.1. The summed E-state index contributed by atoms with van der Waals surface area (Å²) in [4.78, 5) is 15.1. The van der Waals surface area contributed by atoms with Crippen LogP contribution in [0.3, 0.4) is 0 Å². The van der Waals surface area contributed by atoms with Crippen molar-refractivity contribution < 1.29 is 22.0 Å². The van der Waals surface area contributed by atoms with Crippen LogP contribution in [0.4, 0.5) is 14.5 Å². The highest BCUT2D eigenvalue weighted by Gasteiger charge is 2.33. The van der Waals surface area contributed by atoms with Crippen LogP contribution < -0.4 is 10.2 Å². The van der Waals surface area contributed by atoms with Crippen LogP contribution in [0.5, 0.6) is 0 Å². The van der Waals surface area contributed by atoms with E-state index in [1.54, 1.807) is 25.1 Å². The number of sulfonamides is 1. The minimum absolute atomic E-state index is 0.0511. The van der Waals surface area contributed by atoms with Crippen LogP contribution in [0.15, 0.2) is 45.7 Å². The zero-order valence-electron chi connectivity index (χ0n) is 14.6. The molecule has 146 valence electrons. The highest BCUT2D eigenvalue weighted by atomic mass is 32.2. The lowest BCUT2D eigenvalue weighted by molar-refractivity contribution is 0.0939. The average Bonchev–Trinajstić information content (AvgIpc) is 2.98. The van der Waals surface area contributed by atoms with Crippen molar-refractivity contribution in [1.29, 1.82) is 0 Å². The van der Waals surface area contributed by atoms with Crippen LogP contribution in [0, 0.1) is 11.6 Å². The molecule has 28 heavy (non-hydrogen) atoms. The summed E-state index contributed by atoms with van der Waals surface area (Å²) in [5.74, 6) is -2.34. The van der Waals surface area contributed by atoms with E-state index in [-0.39, 0.29) is 11.7 Å². The number of amides is 1. The number of benzene rings is 2. The van der Waals surface area contributed by atoms with Gasteiger partial charge in [-0.1, -0.05) is 6.07 Å². The number of hydrogen-bond acceptors (Lipinski definition) is 5. The summed E-state index contributed by atoms with van der Waals surface area (Å²) in [6.07, 6.45) is 0. The fourth-order valence-corrected chi connectivity index (χ4v) is 5.31. The quantitative estimate of drug-likeness (QED) is 0.821. The highest BCUT2D eigenvalue weighted by molar-refractivity contribution is 8.15. The van der Waals surface area contributed by atoms with Crippen molar-refractivity contribution in [2.24, 2.45) is 4.40 Å². The van der Waals surface area contributed by atoms with Crippen LogP contribution in [0.1, 0.15) is 28.9 Å². The number of anilines is 1. The summed E-state index contributed by atoms with van der Waals surface area (Å²) in [5.41, 5.74) is 1.63. The Labute approximate surface area is 164 Å². The molecule has 0 spiro atoms. The zero-order valence-corrected chi connectivity index (χ0v) is 16.3. The Kier molecular flexibility index (Phi) is 4.62. The summed E-state index contributed by atoms with van der Waals surface area (Å²) in [6, 6.07) is 8.02. The summed E-state index contributed by atoms with van der Waals surface area (Å²) in [5, 5.41) is 3.13. The predicted octanol–water partition coefficient (Wildman–Crippen LogP) is 3.07. The second kappa shape index (κ2) is 6.85. The Morgan fingerprint density at radius 2 is 2.00 bits per heavy atom. The van der Waals surface area contributed by atoms with E-state index < -0.39 is 27.7 Å². The molecule has 2 aromatic carbocycles. The first-order valence-electron chi connectivity index (χ1n) is 8.41. The van der Waals surface area contributed by atoms with Gasteiger partial charge in [0.1, 0.15) is 0 Å². The Hall–Kier alpha value is -2.46. The molecule has 6 nitrogen and oxygen atoms in total. The van der Waals surface area contributed by atoms with Gasteiger partial charge in [-0.2, -0.15) is 0 Å². The molecule has 1 amide bonds. The first-order valence-corrected chi connectivity index (χ1v) is 10.8. The number of rotatable bonds is 3. The van der Waals surface area contributed by atoms with Crippen LogP contribution in [0.2, 0.25) is 0 Å². The SMILES string of the molecule is C[C@@H](NC(=O)c1ccc2c(c1)SC1=NS(=O)(=O)CCN12)c1ccc(F)c(F)c1. The van der Waals surface area contributed by atoms with E-state index in [1.165, 1.54) is 17.8 Å². The summed E-state index contributed by atoms with van der Waals surface area (Å²) < 4.78 is 53.6. The molecule has 2 aromatic rings. The molecule has 0 unspecified atom stereocenters. The van der Waals surface area contributed by atoms with Crippen LogP contribution in [0.25, 0.3) is 0 Å². The van der Waals surface area contributed by atoms with Gasteiger partial charge < -0.3 is 10.2 Å². The molecule has 2 aliphatic heterocycles. The number of carbonyl (C=O) groups excluding carboxylic acids is 1. The Morgan fingerprint density at radius 3 is 2.75 bits per heavy atom. The Bertz CT molecular complexity index is 1120. The second-order valence-electron chi connectivity index (χ2n) is 6.46. The summed E-state index contributed by atoms with van der Waals surface area (Å²) in [7, 11) is -3.45. The number of fused-ring (bicyclic) bond motifs is 3. The molecule has 2 heterocycles. The minimum atomic E-state index is -3.45. The van der Waals surface area contributed by atoms with E-state index in [4.69, 9.17) is 0 Å². The predicted molar refractivity (Wildman–Crippen MR) is 103 cm³/mol. The molecule has 10 heteroatoms. The molecule has 0 saturated heterocycles. The van der Waals surface area contributed by atoms with Gasteiger partial charge in [-0.15, -0.1) is 4.40 Å². The van der Waals surface area contributed by atoms with Crippen molar-refractivity contribution in [2.75, 3.05) is 17.2 Å². The van der Waals surface area contributed by atoms with Crippen molar-refractivity contribution in [3.63, 3.8) is 0 Å². The maximum Gasteiger partial charge on any atom is 0.257 e. The van der Waals surface area contributed by atoms with Crippen molar-refractivity contribution in [1.82, 2.24) is 5.32 Å². The fourth-order valence-electron chi connectivity index (χ4n) is 3.02. The van der Waals surface area contributed by atoms with Gasteiger partial charge in [0, 0.05) is 17.0 Å². The molecule has 1 atom stereocenters. The molecule has 0 aliphatic carbocycles. The van der Waals surface area contributed by atoms with Crippen LogP contribution >= 0.6 is 11.8 Å². The standard InChI is InChI=1S/C18H15F2N3O3S2/c1-10(11-2-4-13(19)14(20)8-11)21-17(24)12-3-5-15-16(9-12)27-18-22-28(25,26)7-6-23(15)18/h2-5,8-10H,6-7H2,1H3,(H,21,24)/t10-/m1/s1. The van der Waals surface area contributed by atoms with Gasteiger partial charge in [0.05, 0.1) is 17.5 Å². The van der Waals surface area contributed by atoms with Gasteiger partial charge in [0.2, 0.25) is 0 Å². The molecule has 4 rings (SSSR count). The van der Waals surface area contributed by atoms with Gasteiger partial charge >= 0.3 is 0 Å². The van der Waals surface area contributed by atoms with Gasteiger partial charge in [0.15, 0.2) is 16.8 Å². The fraction of sp³-hybridized carbons (Fsp3) is 0.222. The highest BCUT2D eigenvalue weighted by Crippen LogP contribution is 2.42. The largest absolute Gasteiger partial charge is 0.346 e. The van der Waals surface area contributed by atoms with Crippen molar-refractivity contribution in [3.05, 3.63) is 59.2 Å². The molecule has 0 radical (unpaired) electrons. The monoisotopic (exact) mass is 423 g/mol. The summed E-state index contributed by atoms with van der Waals surface area (Å²) >= 11 is 1.20. The Balaban J connectivity index is 1.54. The normalized spacial score (nSPS) is 18.1. The number of thioether (sulfide) groups is 1. The maximum atomic E-state index is 13.4. The molecular formula is C18H15F2N3O3S2. The summed E-state index contributed by atoms with van der Waals surface area (Å²) in [6.45, 7) is 1.99. The van der Waals surface area contributed by atoms with E-state index in [0.29, 0.717) is 22.8 Å². The van der Waals surface area contributed by atoms with E-state index in [0.717, 1.165) is 22.7 Å². The van der Waals surface area contributed by atoms with Crippen LogP contribution in [-0.2, 0) is 10.0 Å². The number of amidine groups is 1. The first kappa shape index (κ1) is 18.9. The molecule has 2 aliphatic rings. The lowest BCUT2D eigenvalue weighted by Gasteiger charge is -2.22. The molecule has 1 N–H and O–H groups in total. The molecule has 0 fully saturated rings. The first-order chi connectivity index (χ1) is 13.2. The van der Waals surface area contributed by atoms with Gasteiger partial charge in [-0.3, -0.25) is 4.79 Å². The van der Waals surface area contributed by atoms with Gasteiger partial charge in [0.25, 0.3) is 15.9 Å². The maximum absolute atomic E-state index is 13.4. The lowest BCUT2D eigenvalue weighted by Crippen LogP contribution is -2.35. The number of nitrogens with zero attached hydrogens (tertiary/aromatic N) is 2. The molecule has 0 saturated carbocycles. The topological polar surface area (TPSA) is 78.8 Å². The van der Waals surface area contributed by atoms with E-state index in [9.17, 15) is 22.0 Å². The average molecular weight is 423 g/mol. The van der Waals surface area contributed by atoms with E-state index >= 15 is 0 Å². The molecule has 0 aromatic heterocycles. The van der Waals surface area contributed by atoms with Crippen molar-refractivity contribution in [3.8, 4) is 0 Å². The third-order valence-corrected chi connectivity index (χ3v) is 6.83. The number of carbonyl (C=O) groups is 1. The Morgan fingerprint density at radius 1 is 1.21 bits per heavy atom. The van der Waals surface area contributed by atoms with Gasteiger partial charge in [-0.25, -0.2) is 17.2 Å².